The largest absolute Gasteiger partial charge is 0.497 e. The molecule has 176 valence electrons. The average molecular weight is 471 g/mol. The number of hydrogen-bond acceptors (Lipinski definition) is 5. The van der Waals surface area contributed by atoms with Crippen molar-refractivity contribution in [3.8, 4) is 18.1 Å². The summed E-state index contributed by atoms with van der Waals surface area (Å²) in [6, 6.07) is 11.7. The number of hydrogen-bond donors (Lipinski definition) is 3. The summed E-state index contributed by atoms with van der Waals surface area (Å²) in [5.41, 5.74) is 0.998. The summed E-state index contributed by atoms with van der Waals surface area (Å²) in [6.07, 6.45) is 7.76. The van der Waals surface area contributed by atoms with Crippen LogP contribution in [0.15, 0.2) is 54.7 Å². The minimum Gasteiger partial charge on any atom is -0.497 e. The van der Waals surface area contributed by atoms with Crippen molar-refractivity contribution >= 4 is 29.2 Å². The van der Waals surface area contributed by atoms with Gasteiger partial charge in [0.05, 0.1) is 23.9 Å². The van der Waals surface area contributed by atoms with Crippen LogP contribution in [-0.2, 0) is 0 Å². The van der Waals surface area contributed by atoms with E-state index in [0.717, 1.165) is 19.5 Å². The molecule has 1 aliphatic rings. The van der Waals surface area contributed by atoms with E-state index in [0.29, 0.717) is 16.9 Å². The maximum atomic E-state index is 14.8. The Morgan fingerprint density at radius 1 is 1.09 bits per heavy atom. The van der Waals surface area contributed by atoms with Crippen molar-refractivity contribution in [2.75, 3.05) is 30.8 Å². The van der Waals surface area contributed by atoms with Crippen LogP contribution < -0.4 is 15.4 Å². The van der Waals surface area contributed by atoms with Crippen LogP contribution >= 0.6 is 0 Å². The summed E-state index contributed by atoms with van der Waals surface area (Å²) in [5, 5.41) is 13.4. The van der Waals surface area contributed by atoms with E-state index in [1.165, 1.54) is 43.6 Å². The van der Waals surface area contributed by atoms with Crippen LogP contribution in [0.4, 0.5) is 15.9 Å². The number of likely N-dealkylation sites (tertiary alicyclic amines) is 1. The number of nitrogens with zero attached hydrogens (tertiary/aromatic N) is 2. The van der Waals surface area contributed by atoms with Gasteiger partial charge in [0.25, 0.3) is 11.8 Å². The molecule has 2 heterocycles. The number of anilines is 2. The molecule has 1 aliphatic heterocycles. The fourth-order valence-corrected chi connectivity index (χ4v) is 3.44. The first-order valence-corrected chi connectivity index (χ1v) is 10.8. The number of benzene rings is 2. The second-order valence-electron chi connectivity index (χ2n) is 7.78. The molecule has 2 aromatic carbocycles. The molecule has 2 amide bonds. The Kier molecular flexibility index (Phi) is 6.73. The molecule has 1 saturated heterocycles. The fraction of sp³-hybridized carbons (Fsp3) is 0.154. The number of terminal acetylenes is 1. The molecule has 0 unspecified atom stereocenters. The summed E-state index contributed by atoms with van der Waals surface area (Å²) in [6.45, 7) is 1.52. The van der Waals surface area contributed by atoms with Crippen LogP contribution in [0.25, 0.3) is 0 Å². The van der Waals surface area contributed by atoms with E-state index < -0.39 is 17.6 Å². The van der Waals surface area contributed by atoms with Crippen LogP contribution in [0.1, 0.15) is 38.3 Å². The monoisotopic (exact) mass is 471 g/mol. The number of amides is 2. The van der Waals surface area contributed by atoms with E-state index in [2.05, 4.69) is 21.5 Å². The van der Waals surface area contributed by atoms with E-state index in [1.54, 1.807) is 18.2 Å². The Hall–Kier alpha value is -4.71. The minimum atomic E-state index is -0.761. The summed E-state index contributed by atoms with van der Waals surface area (Å²) in [7, 11) is 1.45. The highest BCUT2D eigenvalue weighted by Gasteiger charge is 2.22. The smallest absolute Gasteiger partial charge is 0.259 e. The molecule has 0 bridgehead atoms. The minimum absolute atomic E-state index is 0.0946. The van der Waals surface area contributed by atoms with E-state index in [1.807, 2.05) is 4.90 Å². The van der Waals surface area contributed by atoms with Gasteiger partial charge in [-0.15, -0.1) is 6.42 Å². The molecular weight excluding hydrogens is 449 g/mol. The Balaban J connectivity index is 1.55. The summed E-state index contributed by atoms with van der Waals surface area (Å²) < 4.78 is 20.0. The molecule has 0 saturated carbocycles. The Bertz CT molecular complexity index is 1340. The Morgan fingerprint density at radius 2 is 1.86 bits per heavy atom. The molecular formula is C26H22FN5O3. The van der Waals surface area contributed by atoms with Gasteiger partial charge in [-0.25, -0.2) is 9.37 Å². The van der Waals surface area contributed by atoms with Gasteiger partial charge in [0.2, 0.25) is 0 Å². The number of aromatic nitrogens is 1. The van der Waals surface area contributed by atoms with Gasteiger partial charge in [-0.1, -0.05) is 12.0 Å². The second-order valence-corrected chi connectivity index (χ2v) is 7.78. The molecule has 8 nitrogen and oxygen atoms in total. The van der Waals surface area contributed by atoms with Gasteiger partial charge in [-0.3, -0.25) is 15.0 Å². The molecule has 0 aliphatic carbocycles. The van der Waals surface area contributed by atoms with Gasteiger partial charge in [0, 0.05) is 30.4 Å². The maximum absolute atomic E-state index is 14.8. The molecule has 0 radical (unpaired) electrons. The third-order valence-corrected chi connectivity index (χ3v) is 5.55. The number of halogens is 1. The Morgan fingerprint density at radius 3 is 2.46 bits per heavy atom. The number of nitrogens with one attached hydrogen (secondary N) is 3. The molecule has 1 fully saturated rings. The molecule has 35 heavy (non-hydrogen) atoms. The lowest BCUT2D eigenvalue weighted by Gasteiger charge is -2.33. The quantitative estimate of drug-likeness (QED) is 0.288. The predicted molar refractivity (Wildman–Crippen MR) is 130 cm³/mol. The molecule has 9 heteroatoms. The number of pyridine rings is 1. The van der Waals surface area contributed by atoms with Crippen molar-refractivity contribution in [2.45, 2.75) is 6.42 Å². The highest BCUT2D eigenvalue weighted by Crippen LogP contribution is 2.25. The van der Waals surface area contributed by atoms with Crippen molar-refractivity contribution in [3.05, 3.63) is 82.8 Å². The molecule has 3 N–H and O–H groups in total. The lowest BCUT2D eigenvalue weighted by Crippen LogP contribution is -2.42. The average Bonchev–Trinajstić information content (AvgIpc) is 2.83. The van der Waals surface area contributed by atoms with E-state index >= 15 is 0 Å². The van der Waals surface area contributed by atoms with Gasteiger partial charge >= 0.3 is 0 Å². The van der Waals surface area contributed by atoms with Gasteiger partial charge in [0.1, 0.15) is 23.2 Å². The van der Waals surface area contributed by atoms with Crippen molar-refractivity contribution in [3.63, 3.8) is 0 Å². The van der Waals surface area contributed by atoms with Crippen LogP contribution in [0, 0.1) is 23.6 Å². The van der Waals surface area contributed by atoms with Crippen molar-refractivity contribution in [1.29, 1.82) is 5.41 Å². The normalized spacial score (nSPS) is 12.2. The molecule has 0 atom stereocenters. The van der Waals surface area contributed by atoms with Crippen LogP contribution in [-0.4, -0.2) is 47.7 Å². The number of carbonyl (C=O) groups excluding carboxylic acids is 2. The topological polar surface area (TPSA) is 107 Å². The second kappa shape index (κ2) is 10.1. The van der Waals surface area contributed by atoms with Crippen LogP contribution in [0.5, 0.6) is 5.75 Å². The fourth-order valence-electron chi connectivity index (χ4n) is 3.44. The SMILES string of the molecule is C#Cc1ccc(NC(=O)c2cc(OC)ccc2NC(=O)c2ccc(C(=N)N3CCC3)cc2F)nc1. The van der Waals surface area contributed by atoms with Gasteiger partial charge in [0.15, 0.2) is 0 Å². The number of rotatable bonds is 6. The number of ether oxygens (including phenoxy) is 1. The van der Waals surface area contributed by atoms with E-state index in [-0.39, 0.29) is 28.5 Å². The molecule has 1 aromatic heterocycles. The summed E-state index contributed by atoms with van der Waals surface area (Å²) in [4.78, 5) is 31.7. The van der Waals surface area contributed by atoms with Crippen molar-refractivity contribution < 1.29 is 18.7 Å². The first-order valence-electron chi connectivity index (χ1n) is 10.8. The maximum Gasteiger partial charge on any atom is 0.259 e. The predicted octanol–water partition coefficient (Wildman–Crippen LogP) is 3.75. The van der Waals surface area contributed by atoms with Gasteiger partial charge < -0.3 is 20.3 Å². The Labute approximate surface area is 201 Å². The summed E-state index contributed by atoms with van der Waals surface area (Å²) >= 11 is 0. The van der Waals surface area contributed by atoms with Crippen molar-refractivity contribution in [2.24, 2.45) is 0 Å². The number of amidine groups is 1. The molecule has 0 spiro atoms. The number of carbonyl (C=O) groups is 2. The standard InChI is InChI=1S/C26H22FN5O3/c1-3-16-5-10-23(29-15-16)31-26(34)20-14-18(35-2)7-9-22(20)30-25(33)19-8-6-17(13-21(19)27)24(28)32-11-4-12-32/h1,5-10,13-15,28H,4,11-12H2,2H3,(H,30,33)(H,29,31,34). The highest BCUT2D eigenvalue weighted by atomic mass is 19.1. The third kappa shape index (κ3) is 5.12. The highest BCUT2D eigenvalue weighted by molar-refractivity contribution is 6.12. The molecule has 4 rings (SSSR count). The van der Waals surface area contributed by atoms with Crippen molar-refractivity contribution in [1.82, 2.24) is 9.88 Å². The zero-order valence-electron chi connectivity index (χ0n) is 18.9. The summed E-state index contributed by atoms with van der Waals surface area (Å²) in [5.74, 6) is 1.27. The van der Waals surface area contributed by atoms with Gasteiger partial charge in [-0.2, -0.15) is 0 Å². The first-order chi connectivity index (χ1) is 16.9. The molecule has 3 aromatic rings. The first kappa shape index (κ1) is 23.4. The van der Waals surface area contributed by atoms with Crippen LogP contribution in [0.2, 0.25) is 0 Å². The van der Waals surface area contributed by atoms with Crippen LogP contribution in [0.3, 0.4) is 0 Å². The lowest BCUT2D eigenvalue weighted by molar-refractivity contribution is 0.102. The van der Waals surface area contributed by atoms with E-state index in [4.69, 9.17) is 16.6 Å². The zero-order chi connectivity index (χ0) is 24.9. The lowest BCUT2D eigenvalue weighted by atomic mass is 10.1. The number of methoxy groups -OCH3 is 1. The van der Waals surface area contributed by atoms with E-state index in [9.17, 15) is 14.0 Å². The zero-order valence-corrected chi connectivity index (χ0v) is 18.9. The third-order valence-electron chi connectivity index (χ3n) is 5.55. The van der Waals surface area contributed by atoms with Gasteiger partial charge in [-0.05, 0) is 48.9 Å².